The van der Waals surface area contributed by atoms with Gasteiger partial charge in [0.2, 0.25) is 5.91 Å². The number of likely N-dealkylation sites (N-methyl/N-ethyl adjacent to an activating group) is 1. The fourth-order valence-electron chi connectivity index (χ4n) is 0.416. The lowest BCUT2D eigenvalue weighted by Crippen LogP contribution is -2.29. The Morgan fingerprint density at radius 1 is 1.60 bits per heavy atom. The lowest BCUT2D eigenvalue weighted by Gasteiger charge is -1.96. The quantitative estimate of drug-likeness (QED) is 0.329. The second-order valence-corrected chi connectivity index (χ2v) is 1.69. The highest BCUT2D eigenvalue weighted by Crippen LogP contribution is 1.68. The molecule has 0 saturated heterocycles. The summed E-state index contributed by atoms with van der Waals surface area (Å²) in [5.74, 6) is -0.234. The van der Waals surface area contributed by atoms with Crippen LogP contribution in [0.3, 0.4) is 0 Å². The van der Waals surface area contributed by atoms with Crippen molar-refractivity contribution in [1.82, 2.24) is 5.32 Å². The van der Waals surface area contributed by atoms with Crippen molar-refractivity contribution in [1.29, 1.82) is 0 Å². The molecule has 0 heterocycles. The molecule has 0 aromatic rings. The van der Waals surface area contributed by atoms with Gasteiger partial charge < -0.3 is 16.8 Å². The highest BCUT2D eigenvalue weighted by molar-refractivity contribution is 5.82. The monoisotopic (exact) mass is 144 g/mol. The van der Waals surface area contributed by atoms with E-state index in [1.165, 1.54) is 0 Å². The molecule has 0 fully saturated rings. The Balaban J connectivity index is 3.49. The Hall–Kier alpha value is -1.26. The highest BCUT2D eigenvalue weighted by Gasteiger charge is 1.94. The van der Waals surface area contributed by atoms with Gasteiger partial charge in [0.25, 0.3) is 0 Å². The van der Waals surface area contributed by atoms with Gasteiger partial charge in [0.1, 0.15) is 6.54 Å². The summed E-state index contributed by atoms with van der Waals surface area (Å²) in [6, 6.07) is 0. The normalized spacial score (nSPS) is 8.50. The van der Waals surface area contributed by atoms with Crippen LogP contribution in [0.25, 0.3) is 0 Å². The lowest BCUT2D eigenvalue weighted by atomic mass is 10.6. The molecule has 0 aromatic heterocycles. The minimum atomic E-state index is -0.170. The Labute approximate surface area is 59.5 Å². The summed E-state index contributed by atoms with van der Waals surface area (Å²) in [6.07, 6.45) is 0. The first-order chi connectivity index (χ1) is 4.66. The number of rotatable bonds is 3. The fourth-order valence-corrected chi connectivity index (χ4v) is 0.416. The minimum Gasteiger partial charge on any atom is -0.370 e. The number of carbonyl (C=O) groups is 1. The van der Waals surface area contributed by atoms with Crippen molar-refractivity contribution < 1.29 is 4.79 Å². The molecule has 0 atom stereocenters. The molecule has 0 aliphatic rings. The molecule has 0 unspecified atom stereocenters. The maximum Gasteiger partial charge on any atom is 0.241 e. The smallest absolute Gasteiger partial charge is 0.241 e. The van der Waals surface area contributed by atoms with Crippen LogP contribution < -0.4 is 16.8 Å². The molecule has 1 amide bonds. The summed E-state index contributed by atoms with van der Waals surface area (Å²) >= 11 is 0. The maximum absolute atomic E-state index is 10.6. The molecular formula is C5H12N4O. The summed E-state index contributed by atoms with van der Waals surface area (Å²) in [5, 5.41) is 2.54. The van der Waals surface area contributed by atoms with Crippen LogP contribution in [-0.4, -0.2) is 25.0 Å². The second-order valence-electron chi connectivity index (χ2n) is 1.69. The van der Waals surface area contributed by atoms with Crippen LogP contribution in [-0.2, 0) is 4.79 Å². The predicted molar refractivity (Wildman–Crippen MR) is 39.4 cm³/mol. The number of aliphatic imine (C=N–C) groups is 1. The van der Waals surface area contributed by atoms with E-state index in [0.717, 1.165) is 0 Å². The second kappa shape index (κ2) is 4.60. The number of nitrogens with two attached hydrogens (primary N) is 2. The van der Waals surface area contributed by atoms with E-state index in [9.17, 15) is 4.79 Å². The van der Waals surface area contributed by atoms with E-state index in [1.807, 2.05) is 6.92 Å². The molecule has 0 spiro atoms. The number of nitrogens with zero attached hydrogens (tertiary/aromatic N) is 1. The molecule has 0 aliphatic heterocycles. The van der Waals surface area contributed by atoms with Gasteiger partial charge >= 0.3 is 0 Å². The molecule has 5 heteroatoms. The zero-order valence-corrected chi connectivity index (χ0v) is 5.92. The lowest BCUT2D eigenvalue weighted by molar-refractivity contribution is -0.119. The van der Waals surface area contributed by atoms with Crippen molar-refractivity contribution in [3.8, 4) is 0 Å². The zero-order valence-electron chi connectivity index (χ0n) is 5.92. The number of carbonyl (C=O) groups excluding carboxylic acids is 1. The van der Waals surface area contributed by atoms with Crippen molar-refractivity contribution >= 4 is 11.9 Å². The van der Waals surface area contributed by atoms with Gasteiger partial charge in [-0.15, -0.1) is 0 Å². The molecule has 0 saturated carbocycles. The van der Waals surface area contributed by atoms with Gasteiger partial charge in [0, 0.05) is 6.54 Å². The van der Waals surface area contributed by atoms with Crippen molar-refractivity contribution in [2.75, 3.05) is 13.1 Å². The predicted octanol–water partition coefficient (Wildman–Crippen LogP) is -1.60. The largest absolute Gasteiger partial charge is 0.370 e. The van der Waals surface area contributed by atoms with Crippen LogP contribution >= 0.6 is 0 Å². The van der Waals surface area contributed by atoms with Crippen molar-refractivity contribution in [2.24, 2.45) is 16.5 Å². The van der Waals surface area contributed by atoms with Gasteiger partial charge in [0.05, 0.1) is 0 Å². The third-order valence-corrected chi connectivity index (χ3v) is 0.779. The Morgan fingerprint density at radius 3 is 2.60 bits per heavy atom. The molecule has 0 aliphatic carbocycles. The summed E-state index contributed by atoms with van der Waals surface area (Å²) < 4.78 is 0. The number of nitrogens with one attached hydrogen (secondary N) is 1. The highest BCUT2D eigenvalue weighted by atomic mass is 16.1. The molecule has 0 rings (SSSR count). The van der Waals surface area contributed by atoms with E-state index in [0.29, 0.717) is 6.54 Å². The van der Waals surface area contributed by atoms with E-state index >= 15 is 0 Å². The molecule has 0 bridgehead atoms. The summed E-state index contributed by atoms with van der Waals surface area (Å²) in [5.41, 5.74) is 9.97. The van der Waals surface area contributed by atoms with E-state index in [4.69, 9.17) is 11.5 Å². The van der Waals surface area contributed by atoms with Crippen LogP contribution in [0.4, 0.5) is 0 Å². The molecular weight excluding hydrogens is 132 g/mol. The molecule has 5 N–H and O–H groups in total. The molecule has 0 radical (unpaired) electrons. The van der Waals surface area contributed by atoms with Gasteiger partial charge in [-0.2, -0.15) is 0 Å². The van der Waals surface area contributed by atoms with Crippen LogP contribution in [0, 0.1) is 0 Å². The molecule has 58 valence electrons. The van der Waals surface area contributed by atoms with Crippen LogP contribution in [0.15, 0.2) is 4.99 Å². The van der Waals surface area contributed by atoms with Gasteiger partial charge in [-0.1, -0.05) is 0 Å². The minimum absolute atomic E-state index is 0.0101. The third kappa shape index (κ3) is 4.89. The van der Waals surface area contributed by atoms with Crippen LogP contribution in [0.5, 0.6) is 0 Å². The maximum atomic E-state index is 10.6. The molecule has 0 aromatic carbocycles. The van der Waals surface area contributed by atoms with Gasteiger partial charge in [-0.3, -0.25) is 4.79 Å². The van der Waals surface area contributed by atoms with E-state index < -0.39 is 0 Å². The number of hydrogen-bond acceptors (Lipinski definition) is 2. The first-order valence-corrected chi connectivity index (χ1v) is 2.99. The van der Waals surface area contributed by atoms with Crippen molar-refractivity contribution in [2.45, 2.75) is 6.92 Å². The van der Waals surface area contributed by atoms with E-state index in [2.05, 4.69) is 10.3 Å². The fraction of sp³-hybridized carbons (Fsp3) is 0.600. The molecule has 10 heavy (non-hydrogen) atoms. The third-order valence-electron chi connectivity index (χ3n) is 0.779. The number of guanidine groups is 1. The van der Waals surface area contributed by atoms with Crippen LogP contribution in [0.2, 0.25) is 0 Å². The van der Waals surface area contributed by atoms with E-state index in [1.54, 1.807) is 0 Å². The first kappa shape index (κ1) is 8.74. The summed E-state index contributed by atoms with van der Waals surface area (Å²) in [6.45, 7) is 2.43. The molecule has 5 nitrogen and oxygen atoms in total. The Kier molecular flexibility index (Phi) is 4.02. The topological polar surface area (TPSA) is 93.5 Å². The summed E-state index contributed by atoms with van der Waals surface area (Å²) in [7, 11) is 0. The average molecular weight is 144 g/mol. The van der Waals surface area contributed by atoms with E-state index in [-0.39, 0.29) is 18.4 Å². The zero-order chi connectivity index (χ0) is 7.98. The van der Waals surface area contributed by atoms with Crippen molar-refractivity contribution in [3.05, 3.63) is 0 Å². The Bertz CT molecular complexity index is 139. The Morgan fingerprint density at radius 2 is 2.20 bits per heavy atom. The van der Waals surface area contributed by atoms with Gasteiger partial charge in [-0.05, 0) is 6.92 Å². The standard InChI is InChI=1S/C5H12N4O/c1-2-8-4(10)3-9-5(6)7/h2-3H2,1H3,(H,8,10)(H4,6,7,9). The first-order valence-electron chi connectivity index (χ1n) is 2.99. The number of hydrogen-bond donors (Lipinski definition) is 3. The average Bonchev–Trinajstić information content (AvgIpc) is 1.85. The van der Waals surface area contributed by atoms with Gasteiger partial charge in [-0.25, -0.2) is 4.99 Å². The number of amides is 1. The van der Waals surface area contributed by atoms with Crippen LogP contribution in [0.1, 0.15) is 6.92 Å². The van der Waals surface area contributed by atoms with Gasteiger partial charge in [0.15, 0.2) is 5.96 Å². The SMILES string of the molecule is CCNC(=O)CN=C(N)N. The van der Waals surface area contributed by atoms with Crippen molar-refractivity contribution in [3.63, 3.8) is 0 Å². The summed E-state index contributed by atoms with van der Waals surface area (Å²) in [4.78, 5) is 14.1.